The normalized spacial score (nSPS) is 22.3. The van der Waals surface area contributed by atoms with Crippen molar-refractivity contribution in [3.05, 3.63) is 65.5 Å². The zero-order valence-corrected chi connectivity index (χ0v) is 16.5. The van der Waals surface area contributed by atoms with Gasteiger partial charge < -0.3 is 4.74 Å². The summed E-state index contributed by atoms with van der Waals surface area (Å²) < 4.78 is 45.9. The highest BCUT2D eigenvalue weighted by molar-refractivity contribution is 7.89. The van der Waals surface area contributed by atoms with Crippen LogP contribution in [-0.4, -0.2) is 30.3 Å². The van der Waals surface area contributed by atoms with E-state index in [1.807, 2.05) is 6.92 Å². The number of aryl methyl sites for hydroxylation is 1. The van der Waals surface area contributed by atoms with Gasteiger partial charge in [0.05, 0.1) is 10.9 Å². The minimum atomic E-state index is -3.90. The molecule has 3 unspecified atom stereocenters. The summed E-state index contributed by atoms with van der Waals surface area (Å²) in [6.07, 6.45) is 0. The van der Waals surface area contributed by atoms with Crippen LogP contribution in [0.3, 0.4) is 0 Å². The summed E-state index contributed by atoms with van der Waals surface area (Å²) in [7, 11) is -3.90. The van der Waals surface area contributed by atoms with Crippen molar-refractivity contribution in [2.75, 3.05) is 0 Å². The summed E-state index contributed by atoms with van der Waals surface area (Å²) in [6.45, 7) is 7.02. The van der Waals surface area contributed by atoms with Gasteiger partial charge in [-0.25, -0.2) is 12.8 Å². The largest absolute Gasteiger partial charge is 0.459 e. The van der Waals surface area contributed by atoms with Crippen LogP contribution < -0.4 is 0 Å². The van der Waals surface area contributed by atoms with Crippen molar-refractivity contribution in [1.29, 1.82) is 0 Å². The van der Waals surface area contributed by atoms with Gasteiger partial charge in [0.25, 0.3) is 0 Å². The average Bonchev–Trinajstić information content (AvgIpc) is 3.31. The molecule has 1 saturated heterocycles. The van der Waals surface area contributed by atoms with Gasteiger partial charge in [-0.1, -0.05) is 29.8 Å². The number of hydrogen-bond acceptors (Lipinski definition) is 4. The first-order valence-electron chi connectivity index (χ1n) is 8.59. The van der Waals surface area contributed by atoms with Gasteiger partial charge in [0, 0.05) is 0 Å². The number of benzene rings is 2. The monoisotopic (exact) mass is 391 g/mol. The van der Waals surface area contributed by atoms with Crippen molar-refractivity contribution < 1.29 is 22.3 Å². The molecule has 7 heteroatoms. The van der Waals surface area contributed by atoms with Crippen LogP contribution in [0.5, 0.6) is 0 Å². The van der Waals surface area contributed by atoms with Crippen LogP contribution >= 0.6 is 0 Å². The molecule has 1 aliphatic heterocycles. The van der Waals surface area contributed by atoms with Crippen LogP contribution in [0.4, 0.5) is 4.39 Å². The molecule has 0 N–H and O–H groups in total. The van der Waals surface area contributed by atoms with E-state index in [1.54, 1.807) is 32.9 Å². The molecule has 5 nitrogen and oxygen atoms in total. The van der Waals surface area contributed by atoms with E-state index in [1.165, 1.54) is 36.4 Å². The van der Waals surface area contributed by atoms with Crippen LogP contribution in [0.2, 0.25) is 0 Å². The maximum absolute atomic E-state index is 13.3. The summed E-state index contributed by atoms with van der Waals surface area (Å²) in [5.41, 5.74) is 0.730. The molecular weight excluding hydrogens is 369 g/mol. The Bertz CT molecular complexity index is 947. The fourth-order valence-electron chi connectivity index (χ4n) is 2.93. The Kier molecular flexibility index (Phi) is 4.86. The molecule has 0 aliphatic carbocycles. The second kappa shape index (κ2) is 6.73. The second-order valence-corrected chi connectivity index (χ2v) is 9.47. The topological polar surface area (TPSA) is 63.5 Å². The highest BCUT2D eigenvalue weighted by atomic mass is 32.2. The smallest absolute Gasteiger partial charge is 0.327 e. The molecule has 144 valence electrons. The van der Waals surface area contributed by atoms with E-state index in [0.29, 0.717) is 5.56 Å². The van der Waals surface area contributed by atoms with Gasteiger partial charge >= 0.3 is 5.97 Å². The lowest BCUT2D eigenvalue weighted by Crippen LogP contribution is -2.29. The van der Waals surface area contributed by atoms with Gasteiger partial charge in [-0.2, -0.15) is 4.31 Å². The number of nitrogens with zero attached hydrogens (tertiary/aromatic N) is 1. The molecule has 0 amide bonds. The average molecular weight is 391 g/mol. The van der Waals surface area contributed by atoms with E-state index in [4.69, 9.17) is 4.74 Å². The number of rotatable bonds is 4. The molecule has 1 fully saturated rings. The van der Waals surface area contributed by atoms with Crippen molar-refractivity contribution in [1.82, 2.24) is 4.31 Å². The molecule has 0 aromatic heterocycles. The van der Waals surface area contributed by atoms with Gasteiger partial charge in [-0.05, 0) is 57.5 Å². The highest BCUT2D eigenvalue weighted by Gasteiger charge is 2.61. The minimum Gasteiger partial charge on any atom is -0.459 e. The van der Waals surface area contributed by atoms with E-state index in [0.717, 1.165) is 9.87 Å². The third-order valence-electron chi connectivity index (χ3n) is 4.21. The predicted octanol–water partition coefficient (Wildman–Crippen LogP) is 3.59. The van der Waals surface area contributed by atoms with Crippen LogP contribution in [0.15, 0.2) is 53.4 Å². The van der Waals surface area contributed by atoms with Crippen molar-refractivity contribution in [2.45, 2.75) is 50.3 Å². The Morgan fingerprint density at radius 1 is 1.04 bits per heavy atom. The maximum atomic E-state index is 13.3. The third-order valence-corrected chi connectivity index (χ3v) is 6.09. The Labute approximate surface area is 158 Å². The molecule has 27 heavy (non-hydrogen) atoms. The van der Waals surface area contributed by atoms with Gasteiger partial charge in [-0.15, -0.1) is 0 Å². The zero-order valence-electron chi connectivity index (χ0n) is 15.6. The molecule has 0 bridgehead atoms. The number of carbonyl (C=O) groups is 1. The highest BCUT2D eigenvalue weighted by Crippen LogP contribution is 2.48. The SMILES string of the molecule is Cc1ccc(S(=O)(=O)N2C(C(=O)OC(C)(C)C)C2c2ccc(F)cc2)cc1. The van der Waals surface area contributed by atoms with Crippen molar-refractivity contribution in [3.8, 4) is 0 Å². The molecule has 1 aliphatic rings. The number of ether oxygens (including phenoxy) is 1. The fourth-order valence-corrected chi connectivity index (χ4v) is 4.63. The number of hydrogen-bond donors (Lipinski definition) is 0. The molecule has 0 spiro atoms. The van der Waals surface area contributed by atoms with Crippen LogP contribution in [-0.2, 0) is 19.6 Å². The molecular formula is C20H22FNO4S. The number of halogens is 1. The van der Waals surface area contributed by atoms with Crippen LogP contribution in [0.1, 0.15) is 37.9 Å². The quantitative estimate of drug-likeness (QED) is 0.590. The number of esters is 1. The molecule has 3 rings (SSSR count). The summed E-state index contributed by atoms with van der Waals surface area (Å²) >= 11 is 0. The van der Waals surface area contributed by atoms with Gasteiger partial charge in [-0.3, -0.25) is 4.79 Å². The molecule has 2 aromatic rings. The predicted molar refractivity (Wildman–Crippen MR) is 99.0 cm³/mol. The van der Waals surface area contributed by atoms with E-state index in [9.17, 15) is 17.6 Å². The van der Waals surface area contributed by atoms with Gasteiger partial charge in [0.15, 0.2) is 0 Å². The summed E-state index contributed by atoms with van der Waals surface area (Å²) in [5, 5.41) is 0. The Morgan fingerprint density at radius 2 is 1.59 bits per heavy atom. The van der Waals surface area contributed by atoms with Crippen LogP contribution in [0.25, 0.3) is 0 Å². The molecule has 3 atom stereocenters. The lowest BCUT2D eigenvalue weighted by atomic mass is 10.1. The van der Waals surface area contributed by atoms with Gasteiger partial charge in [0.1, 0.15) is 17.5 Å². The zero-order chi connectivity index (χ0) is 20.0. The lowest BCUT2D eigenvalue weighted by molar-refractivity contribution is -0.154. The summed E-state index contributed by atoms with van der Waals surface area (Å²) in [5.74, 6) is -1.05. The Balaban J connectivity index is 1.98. The Morgan fingerprint density at radius 3 is 2.11 bits per heavy atom. The van der Waals surface area contributed by atoms with Gasteiger partial charge in [0.2, 0.25) is 10.0 Å². The maximum Gasteiger partial charge on any atom is 0.327 e. The first-order chi connectivity index (χ1) is 12.5. The fraction of sp³-hybridized carbons (Fsp3) is 0.350. The van der Waals surface area contributed by atoms with Crippen molar-refractivity contribution >= 4 is 16.0 Å². The van der Waals surface area contributed by atoms with Crippen molar-refractivity contribution in [2.24, 2.45) is 0 Å². The first-order valence-corrected chi connectivity index (χ1v) is 10.0. The standard InChI is InChI=1S/C20H22FNO4S/c1-13-5-11-16(12-6-13)27(24,25)22-17(14-7-9-15(21)10-8-14)18(22)19(23)26-20(2,3)4/h5-12,17-18H,1-4H3. The minimum absolute atomic E-state index is 0.103. The molecule has 2 aromatic carbocycles. The van der Waals surface area contributed by atoms with Crippen molar-refractivity contribution in [3.63, 3.8) is 0 Å². The number of sulfonamides is 1. The Hall–Kier alpha value is -2.25. The van der Waals surface area contributed by atoms with E-state index < -0.39 is 39.5 Å². The summed E-state index contributed by atoms with van der Waals surface area (Å²) in [4.78, 5) is 12.7. The number of carbonyl (C=O) groups excluding carboxylic acids is 1. The van der Waals surface area contributed by atoms with E-state index in [-0.39, 0.29) is 4.90 Å². The molecule has 1 heterocycles. The molecule has 0 saturated carbocycles. The lowest BCUT2D eigenvalue weighted by Gasteiger charge is -2.19. The van der Waals surface area contributed by atoms with E-state index in [2.05, 4.69) is 0 Å². The molecule has 0 radical (unpaired) electrons. The van der Waals surface area contributed by atoms with Crippen LogP contribution in [0, 0.1) is 12.7 Å². The van der Waals surface area contributed by atoms with E-state index >= 15 is 0 Å². The summed E-state index contributed by atoms with van der Waals surface area (Å²) in [6, 6.07) is 10.2. The first kappa shape index (κ1) is 19.5. The second-order valence-electron chi connectivity index (χ2n) is 7.62. The third kappa shape index (κ3) is 4.04.